The number of rotatable bonds is 6. The van der Waals surface area contributed by atoms with Crippen molar-refractivity contribution in [2.24, 2.45) is 5.41 Å². The Hall–Kier alpha value is -1.19. The first-order chi connectivity index (χ1) is 6.49. The zero-order valence-corrected chi connectivity index (χ0v) is 8.83. The average Bonchev–Trinajstić information content (AvgIpc) is 2.14. The van der Waals surface area contributed by atoms with E-state index in [2.05, 4.69) is 0 Å². The quantitative estimate of drug-likeness (QED) is 0.366. The van der Waals surface area contributed by atoms with Crippen molar-refractivity contribution in [1.82, 2.24) is 0 Å². The summed E-state index contributed by atoms with van der Waals surface area (Å²) in [6.07, 6.45) is 1.10. The maximum absolute atomic E-state index is 11.5. The summed E-state index contributed by atoms with van der Waals surface area (Å²) in [5, 5.41) is 0. The molecule has 0 amide bonds. The standard InChI is InChI=1S/C10H16O4/c1-4-14-9(13)10(3,8(2)12)6-5-7-11/h7H,4-6H2,1-3H3. The van der Waals surface area contributed by atoms with Gasteiger partial charge in [0.1, 0.15) is 17.5 Å². The highest BCUT2D eigenvalue weighted by molar-refractivity contribution is 6.02. The van der Waals surface area contributed by atoms with Gasteiger partial charge in [0, 0.05) is 6.42 Å². The Bertz CT molecular complexity index is 234. The van der Waals surface area contributed by atoms with E-state index < -0.39 is 11.4 Å². The van der Waals surface area contributed by atoms with Crippen LogP contribution in [0.15, 0.2) is 0 Å². The zero-order valence-electron chi connectivity index (χ0n) is 8.83. The minimum absolute atomic E-state index is 0.189. The van der Waals surface area contributed by atoms with Crippen LogP contribution < -0.4 is 0 Å². The first-order valence-corrected chi connectivity index (χ1v) is 4.61. The van der Waals surface area contributed by atoms with Gasteiger partial charge in [0.15, 0.2) is 0 Å². The van der Waals surface area contributed by atoms with Crippen molar-refractivity contribution in [3.63, 3.8) is 0 Å². The third kappa shape index (κ3) is 2.94. The van der Waals surface area contributed by atoms with Crippen LogP contribution in [-0.4, -0.2) is 24.6 Å². The molecule has 0 saturated heterocycles. The molecule has 0 fully saturated rings. The van der Waals surface area contributed by atoms with Gasteiger partial charge in [-0.15, -0.1) is 0 Å². The maximum Gasteiger partial charge on any atom is 0.319 e. The van der Waals surface area contributed by atoms with Crippen molar-refractivity contribution < 1.29 is 19.1 Å². The maximum atomic E-state index is 11.5. The molecule has 0 heterocycles. The number of esters is 1. The van der Waals surface area contributed by atoms with Gasteiger partial charge in [0.05, 0.1) is 6.61 Å². The lowest BCUT2D eigenvalue weighted by Gasteiger charge is -2.23. The molecule has 0 aromatic carbocycles. The van der Waals surface area contributed by atoms with Crippen LogP contribution >= 0.6 is 0 Å². The number of ketones is 1. The van der Waals surface area contributed by atoms with E-state index >= 15 is 0 Å². The summed E-state index contributed by atoms with van der Waals surface area (Å²) < 4.78 is 4.79. The summed E-state index contributed by atoms with van der Waals surface area (Å²) in [7, 11) is 0. The molecule has 0 aromatic heterocycles. The number of hydrogen-bond acceptors (Lipinski definition) is 4. The number of ether oxygens (including phenoxy) is 1. The van der Waals surface area contributed by atoms with Crippen LogP contribution in [0.2, 0.25) is 0 Å². The molecular weight excluding hydrogens is 184 g/mol. The fourth-order valence-electron chi connectivity index (χ4n) is 1.06. The molecule has 80 valence electrons. The molecule has 0 aliphatic carbocycles. The Morgan fingerprint density at radius 3 is 2.36 bits per heavy atom. The Morgan fingerprint density at radius 2 is 2.00 bits per heavy atom. The molecule has 4 heteroatoms. The Morgan fingerprint density at radius 1 is 1.43 bits per heavy atom. The second-order valence-corrected chi connectivity index (χ2v) is 3.31. The molecule has 0 rings (SSSR count). The first kappa shape index (κ1) is 12.8. The van der Waals surface area contributed by atoms with Gasteiger partial charge < -0.3 is 9.53 Å². The predicted molar refractivity (Wildman–Crippen MR) is 50.7 cm³/mol. The van der Waals surface area contributed by atoms with Gasteiger partial charge in [-0.05, 0) is 27.2 Å². The van der Waals surface area contributed by atoms with Crippen LogP contribution in [0.25, 0.3) is 0 Å². The molecule has 14 heavy (non-hydrogen) atoms. The summed E-state index contributed by atoms with van der Waals surface area (Å²) >= 11 is 0. The Labute approximate surface area is 83.6 Å². The molecule has 1 unspecified atom stereocenters. The largest absolute Gasteiger partial charge is 0.465 e. The monoisotopic (exact) mass is 200 g/mol. The Balaban J connectivity index is 4.61. The van der Waals surface area contributed by atoms with E-state index in [-0.39, 0.29) is 25.2 Å². The van der Waals surface area contributed by atoms with E-state index in [9.17, 15) is 14.4 Å². The molecule has 0 aliphatic rings. The van der Waals surface area contributed by atoms with Crippen LogP contribution in [0, 0.1) is 5.41 Å². The van der Waals surface area contributed by atoms with Crippen LogP contribution in [0.1, 0.15) is 33.6 Å². The van der Waals surface area contributed by atoms with Crippen LogP contribution in [-0.2, 0) is 19.1 Å². The molecule has 0 aliphatic heterocycles. The molecule has 0 spiro atoms. The van der Waals surface area contributed by atoms with Gasteiger partial charge in [0.25, 0.3) is 0 Å². The summed E-state index contributed by atoms with van der Waals surface area (Å²) in [6.45, 7) is 4.76. The first-order valence-electron chi connectivity index (χ1n) is 4.61. The minimum atomic E-state index is -1.17. The molecule has 0 aromatic rings. The van der Waals surface area contributed by atoms with Crippen LogP contribution in [0.5, 0.6) is 0 Å². The van der Waals surface area contributed by atoms with E-state index in [4.69, 9.17) is 4.74 Å². The molecule has 0 radical (unpaired) electrons. The minimum Gasteiger partial charge on any atom is -0.465 e. The van der Waals surface area contributed by atoms with Gasteiger partial charge in [-0.25, -0.2) is 0 Å². The highest BCUT2D eigenvalue weighted by Crippen LogP contribution is 2.25. The van der Waals surface area contributed by atoms with E-state index in [1.807, 2.05) is 0 Å². The summed E-state index contributed by atoms with van der Waals surface area (Å²) in [4.78, 5) is 32.9. The predicted octanol–water partition coefficient (Wildman–Crippen LogP) is 1.12. The third-order valence-electron chi connectivity index (χ3n) is 2.27. The van der Waals surface area contributed by atoms with Crippen molar-refractivity contribution in [2.45, 2.75) is 33.6 Å². The SMILES string of the molecule is CCOC(=O)C(C)(CCC=O)C(C)=O. The topological polar surface area (TPSA) is 60.4 Å². The molecule has 0 N–H and O–H groups in total. The van der Waals surface area contributed by atoms with E-state index in [0.29, 0.717) is 6.29 Å². The van der Waals surface area contributed by atoms with Gasteiger partial charge in [0.2, 0.25) is 0 Å². The third-order valence-corrected chi connectivity index (χ3v) is 2.27. The van der Waals surface area contributed by atoms with E-state index in [1.165, 1.54) is 13.8 Å². The lowest BCUT2D eigenvalue weighted by atomic mass is 9.82. The summed E-state index contributed by atoms with van der Waals surface area (Å²) in [5.41, 5.74) is -1.17. The highest BCUT2D eigenvalue weighted by atomic mass is 16.5. The lowest BCUT2D eigenvalue weighted by Crippen LogP contribution is -2.36. The number of carbonyl (C=O) groups is 3. The van der Waals surface area contributed by atoms with Crippen molar-refractivity contribution in [3.05, 3.63) is 0 Å². The number of aldehydes is 1. The molecule has 0 bridgehead atoms. The fourth-order valence-corrected chi connectivity index (χ4v) is 1.06. The van der Waals surface area contributed by atoms with Crippen LogP contribution in [0.3, 0.4) is 0 Å². The summed E-state index contributed by atoms with van der Waals surface area (Å²) in [6, 6.07) is 0. The van der Waals surface area contributed by atoms with Crippen molar-refractivity contribution >= 4 is 18.0 Å². The van der Waals surface area contributed by atoms with Gasteiger partial charge in [-0.3, -0.25) is 9.59 Å². The van der Waals surface area contributed by atoms with E-state index in [1.54, 1.807) is 6.92 Å². The average molecular weight is 200 g/mol. The molecule has 4 nitrogen and oxygen atoms in total. The smallest absolute Gasteiger partial charge is 0.319 e. The molecule has 1 atom stereocenters. The highest BCUT2D eigenvalue weighted by Gasteiger charge is 2.39. The Kier molecular flexibility index (Phi) is 5.05. The van der Waals surface area contributed by atoms with Crippen molar-refractivity contribution in [2.75, 3.05) is 6.61 Å². The van der Waals surface area contributed by atoms with Gasteiger partial charge in [-0.1, -0.05) is 0 Å². The normalized spacial score (nSPS) is 14.2. The van der Waals surface area contributed by atoms with Gasteiger partial charge in [-0.2, -0.15) is 0 Å². The number of carbonyl (C=O) groups excluding carboxylic acids is 3. The molecular formula is C10H16O4. The second-order valence-electron chi connectivity index (χ2n) is 3.31. The zero-order chi connectivity index (χ0) is 11.2. The summed E-state index contributed by atoms with van der Waals surface area (Å²) in [5.74, 6) is -0.813. The van der Waals surface area contributed by atoms with Gasteiger partial charge >= 0.3 is 5.97 Å². The number of Topliss-reactive ketones (excluding diaryl/α,β-unsaturated/α-hetero) is 1. The second kappa shape index (κ2) is 5.52. The van der Waals surface area contributed by atoms with Crippen LogP contribution in [0.4, 0.5) is 0 Å². The molecule has 0 saturated carbocycles. The lowest BCUT2D eigenvalue weighted by molar-refractivity contribution is -0.158. The van der Waals surface area contributed by atoms with Crippen molar-refractivity contribution in [3.8, 4) is 0 Å². The van der Waals surface area contributed by atoms with E-state index in [0.717, 1.165) is 0 Å². The number of hydrogen-bond donors (Lipinski definition) is 0. The van der Waals surface area contributed by atoms with Crippen molar-refractivity contribution in [1.29, 1.82) is 0 Å². The fraction of sp³-hybridized carbons (Fsp3) is 0.700.